The van der Waals surface area contributed by atoms with Crippen molar-refractivity contribution >= 4 is 34.5 Å². The number of rotatable bonds is 5. The summed E-state index contributed by atoms with van der Waals surface area (Å²) in [6.45, 7) is 8.30. The average molecular weight is 285 g/mol. The van der Waals surface area contributed by atoms with Crippen LogP contribution in [0.15, 0.2) is 0 Å². The van der Waals surface area contributed by atoms with Gasteiger partial charge in [-0.2, -0.15) is 0 Å². The number of aromatic nitrogens is 1. The minimum Gasteiger partial charge on any atom is -0.393 e. The predicted octanol–water partition coefficient (Wildman–Crippen LogP) is 2.29. The van der Waals surface area contributed by atoms with Gasteiger partial charge in [-0.15, -0.1) is 11.3 Å². The number of aryl methyl sites for hydroxylation is 2. The van der Waals surface area contributed by atoms with Crippen LogP contribution in [0.5, 0.6) is 0 Å². The Morgan fingerprint density at radius 1 is 1.50 bits per heavy atom. The van der Waals surface area contributed by atoms with Gasteiger partial charge in [-0.3, -0.25) is 4.79 Å². The molecule has 0 aliphatic carbocycles. The van der Waals surface area contributed by atoms with Gasteiger partial charge >= 0.3 is 0 Å². The first-order chi connectivity index (χ1) is 8.32. The van der Waals surface area contributed by atoms with E-state index in [0.29, 0.717) is 22.8 Å². The Balaban J connectivity index is 2.89. The van der Waals surface area contributed by atoms with Crippen LogP contribution in [0.4, 0.5) is 0 Å². The minimum atomic E-state index is 0.0179. The van der Waals surface area contributed by atoms with Crippen molar-refractivity contribution in [1.29, 1.82) is 0 Å². The Bertz CT molecular complexity index is 454. The molecular weight excluding hydrogens is 266 g/mol. The van der Waals surface area contributed by atoms with Crippen LogP contribution in [0.1, 0.15) is 40.6 Å². The summed E-state index contributed by atoms with van der Waals surface area (Å²) in [4.78, 5) is 19.7. The number of thiocarbonyl (C=S) groups is 1. The minimum absolute atomic E-state index is 0.0179. The highest BCUT2D eigenvalue weighted by atomic mass is 32.1. The molecule has 100 valence electrons. The molecule has 0 spiro atoms. The number of amides is 1. The van der Waals surface area contributed by atoms with Crippen molar-refractivity contribution in [2.45, 2.75) is 40.2 Å². The standard InChI is InChI=1S/C12H19N3OS2/c1-7(2)15(6-5-10(13)17)12(16)11-8(3)14-9(4)18-11/h7H,5-6H2,1-4H3,(H2,13,17). The number of hydrogen-bond acceptors (Lipinski definition) is 4. The van der Waals surface area contributed by atoms with Crippen molar-refractivity contribution in [3.8, 4) is 0 Å². The SMILES string of the molecule is Cc1nc(C)c(C(=O)N(CCC(N)=S)C(C)C)s1. The second kappa shape index (κ2) is 6.24. The van der Waals surface area contributed by atoms with Crippen molar-refractivity contribution in [2.75, 3.05) is 6.54 Å². The van der Waals surface area contributed by atoms with Gasteiger partial charge < -0.3 is 10.6 Å². The van der Waals surface area contributed by atoms with Crippen LogP contribution in [-0.2, 0) is 0 Å². The molecule has 0 fully saturated rings. The van der Waals surface area contributed by atoms with Gasteiger partial charge in [-0.25, -0.2) is 4.98 Å². The quantitative estimate of drug-likeness (QED) is 0.843. The lowest BCUT2D eigenvalue weighted by molar-refractivity contribution is 0.0715. The van der Waals surface area contributed by atoms with Crippen molar-refractivity contribution in [3.05, 3.63) is 15.6 Å². The third-order valence-corrected chi connectivity index (χ3v) is 3.85. The van der Waals surface area contributed by atoms with E-state index in [2.05, 4.69) is 4.98 Å². The third-order valence-electron chi connectivity index (χ3n) is 2.58. The zero-order chi connectivity index (χ0) is 13.9. The van der Waals surface area contributed by atoms with Crippen LogP contribution >= 0.6 is 23.6 Å². The highest BCUT2D eigenvalue weighted by Crippen LogP contribution is 2.20. The van der Waals surface area contributed by atoms with Crippen LogP contribution in [0.25, 0.3) is 0 Å². The second-order valence-electron chi connectivity index (χ2n) is 4.46. The molecule has 6 heteroatoms. The lowest BCUT2D eigenvalue weighted by atomic mass is 10.2. The van der Waals surface area contributed by atoms with Crippen LogP contribution < -0.4 is 5.73 Å². The van der Waals surface area contributed by atoms with E-state index < -0.39 is 0 Å². The van der Waals surface area contributed by atoms with Crippen LogP contribution in [0.3, 0.4) is 0 Å². The first-order valence-electron chi connectivity index (χ1n) is 5.86. The maximum atomic E-state index is 12.4. The highest BCUT2D eigenvalue weighted by Gasteiger charge is 2.22. The van der Waals surface area contributed by atoms with Gasteiger partial charge in [-0.1, -0.05) is 12.2 Å². The summed E-state index contributed by atoms with van der Waals surface area (Å²) >= 11 is 6.30. The Hall–Kier alpha value is -1.01. The fourth-order valence-electron chi connectivity index (χ4n) is 1.69. The van der Waals surface area contributed by atoms with E-state index >= 15 is 0 Å². The molecule has 1 rings (SSSR count). The van der Waals surface area contributed by atoms with Gasteiger partial charge in [0.15, 0.2) is 0 Å². The predicted molar refractivity (Wildman–Crippen MR) is 79.2 cm³/mol. The van der Waals surface area contributed by atoms with E-state index in [1.54, 1.807) is 4.90 Å². The molecule has 0 saturated heterocycles. The van der Waals surface area contributed by atoms with E-state index in [1.807, 2.05) is 27.7 Å². The van der Waals surface area contributed by atoms with Gasteiger partial charge in [0.1, 0.15) is 4.88 Å². The van der Waals surface area contributed by atoms with Crippen LogP contribution in [0.2, 0.25) is 0 Å². The number of carbonyl (C=O) groups is 1. The first-order valence-corrected chi connectivity index (χ1v) is 7.08. The molecule has 0 aliphatic heterocycles. The third kappa shape index (κ3) is 3.74. The van der Waals surface area contributed by atoms with E-state index in [4.69, 9.17) is 18.0 Å². The summed E-state index contributed by atoms with van der Waals surface area (Å²) < 4.78 is 0. The summed E-state index contributed by atoms with van der Waals surface area (Å²) in [5, 5.41) is 0.911. The zero-order valence-corrected chi connectivity index (χ0v) is 12.8. The van der Waals surface area contributed by atoms with Crippen molar-refractivity contribution in [1.82, 2.24) is 9.88 Å². The molecule has 2 N–H and O–H groups in total. The lowest BCUT2D eigenvalue weighted by Crippen LogP contribution is -2.38. The molecule has 0 radical (unpaired) electrons. The Labute approximate surface area is 117 Å². The Morgan fingerprint density at radius 2 is 2.11 bits per heavy atom. The summed E-state index contributed by atoms with van der Waals surface area (Å²) in [6.07, 6.45) is 0.552. The number of hydrogen-bond donors (Lipinski definition) is 1. The van der Waals surface area contributed by atoms with Crippen LogP contribution in [-0.4, -0.2) is 33.4 Å². The molecule has 0 bridgehead atoms. The van der Waals surface area contributed by atoms with Crippen molar-refractivity contribution < 1.29 is 4.79 Å². The monoisotopic (exact) mass is 285 g/mol. The number of carbonyl (C=O) groups excluding carboxylic acids is 1. The Morgan fingerprint density at radius 3 is 2.50 bits per heavy atom. The maximum Gasteiger partial charge on any atom is 0.266 e. The molecule has 0 unspecified atom stereocenters. The zero-order valence-electron chi connectivity index (χ0n) is 11.2. The molecule has 1 heterocycles. The molecule has 1 aromatic heterocycles. The highest BCUT2D eigenvalue weighted by molar-refractivity contribution is 7.80. The topological polar surface area (TPSA) is 59.2 Å². The van der Waals surface area contributed by atoms with E-state index in [-0.39, 0.29) is 11.9 Å². The smallest absolute Gasteiger partial charge is 0.266 e. The number of nitrogens with two attached hydrogens (primary N) is 1. The molecule has 0 atom stereocenters. The number of thiazole rings is 1. The van der Waals surface area contributed by atoms with Gasteiger partial charge in [0, 0.05) is 19.0 Å². The molecule has 1 amide bonds. The number of nitrogens with zero attached hydrogens (tertiary/aromatic N) is 2. The summed E-state index contributed by atoms with van der Waals surface area (Å²) in [5.74, 6) is 0.0179. The van der Waals surface area contributed by atoms with Gasteiger partial charge in [0.2, 0.25) is 0 Å². The molecule has 1 aromatic rings. The van der Waals surface area contributed by atoms with Gasteiger partial charge in [0.05, 0.1) is 15.7 Å². The largest absolute Gasteiger partial charge is 0.393 e. The first kappa shape index (κ1) is 15.0. The van der Waals surface area contributed by atoms with E-state index in [0.717, 1.165) is 10.7 Å². The average Bonchev–Trinajstić information content (AvgIpc) is 2.56. The second-order valence-corrected chi connectivity index (χ2v) is 6.18. The summed E-state index contributed by atoms with van der Waals surface area (Å²) in [5.41, 5.74) is 6.29. The van der Waals surface area contributed by atoms with E-state index in [1.165, 1.54) is 11.3 Å². The summed E-state index contributed by atoms with van der Waals surface area (Å²) in [6, 6.07) is 0.119. The maximum absolute atomic E-state index is 12.4. The molecule has 0 aliphatic rings. The van der Waals surface area contributed by atoms with Gasteiger partial charge in [0.25, 0.3) is 5.91 Å². The van der Waals surface area contributed by atoms with Crippen LogP contribution in [0, 0.1) is 13.8 Å². The van der Waals surface area contributed by atoms with Crippen molar-refractivity contribution in [3.63, 3.8) is 0 Å². The fourth-order valence-corrected chi connectivity index (χ4v) is 2.65. The normalized spacial score (nSPS) is 10.7. The lowest BCUT2D eigenvalue weighted by Gasteiger charge is -2.26. The van der Waals surface area contributed by atoms with E-state index in [9.17, 15) is 4.79 Å². The van der Waals surface area contributed by atoms with Crippen molar-refractivity contribution in [2.24, 2.45) is 5.73 Å². The fraction of sp³-hybridized carbons (Fsp3) is 0.583. The molecule has 4 nitrogen and oxygen atoms in total. The molecule has 0 aromatic carbocycles. The summed E-state index contributed by atoms with van der Waals surface area (Å²) in [7, 11) is 0. The Kier molecular flexibility index (Phi) is 5.22. The molecule has 0 saturated carbocycles. The molecular formula is C12H19N3OS2. The molecule has 18 heavy (non-hydrogen) atoms. The van der Waals surface area contributed by atoms with Gasteiger partial charge in [-0.05, 0) is 27.7 Å².